The van der Waals surface area contributed by atoms with Gasteiger partial charge in [-0.25, -0.2) is 0 Å². The van der Waals surface area contributed by atoms with Crippen LogP contribution in [0.25, 0.3) is 44.1 Å². The average molecular weight is 773 g/mol. The topological polar surface area (TPSA) is 25.8 Å². The Bertz CT molecular complexity index is 2900. The summed E-state index contributed by atoms with van der Waals surface area (Å²) in [6.45, 7) is 9.36. The van der Waals surface area contributed by atoms with Crippen LogP contribution in [0.5, 0.6) is 0 Å². The minimum atomic E-state index is 0.0994. The molecule has 4 atom stereocenters. The number of nitrogens with zero attached hydrogens (tertiary/aromatic N) is 2. The van der Waals surface area contributed by atoms with Crippen LogP contribution in [-0.4, -0.2) is 9.97 Å². The highest BCUT2D eigenvalue weighted by Gasteiger charge is 2.35. The summed E-state index contributed by atoms with van der Waals surface area (Å²) in [5, 5.41) is 2.26. The van der Waals surface area contributed by atoms with Crippen LogP contribution in [0.15, 0.2) is 170 Å². The van der Waals surface area contributed by atoms with Crippen molar-refractivity contribution in [3.63, 3.8) is 0 Å². The molecule has 11 rings (SSSR count). The first-order valence-corrected chi connectivity index (χ1v) is 21.6. The third-order valence-corrected chi connectivity index (χ3v) is 13.9. The molecular formula is C58H48N2. The number of aromatic nitrogens is 2. The molecule has 2 nitrogen and oxygen atoms in total. The molecule has 0 saturated heterocycles. The summed E-state index contributed by atoms with van der Waals surface area (Å²) in [7, 11) is 0. The summed E-state index contributed by atoms with van der Waals surface area (Å²) < 4.78 is 0. The Kier molecular flexibility index (Phi) is 8.85. The first-order valence-electron chi connectivity index (χ1n) is 21.6. The molecular weight excluding hydrogens is 725 g/mol. The van der Waals surface area contributed by atoms with Crippen molar-refractivity contribution in [3.05, 3.63) is 237 Å². The smallest absolute Gasteiger partial charge is 0.0974 e. The van der Waals surface area contributed by atoms with Gasteiger partial charge < -0.3 is 0 Å². The third kappa shape index (κ3) is 5.92. The van der Waals surface area contributed by atoms with E-state index in [0.717, 1.165) is 46.0 Å². The number of fused-ring (bicyclic) bond motifs is 7. The summed E-state index contributed by atoms with van der Waals surface area (Å²) in [6, 6.07) is 62.9. The number of benzene rings is 7. The fraction of sp³-hybridized carbons (Fsp3) is 0.172. The van der Waals surface area contributed by atoms with Gasteiger partial charge in [0.25, 0.3) is 0 Å². The second kappa shape index (κ2) is 14.6. The van der Waals surface area contributed by atoms with Crippen molar-refractivity contribution in [3.8, 4) is 22.3 Å². The molecule has 2 heterocycles. The Morgan fingerprint density at radius 3 is 1.23 bits per heavy atom. The Balaban J connectivity index is 1.18. The Morgan fingerprint density at radius 1 is 0.417 bits per heavy atom. The molecule has 4 unspecified atom stereocenters. The van der Waals surface area contributed by atoms with E-state index in [1.54, 1.807) is 0 Å². The monoisotopic (exact) mass is 772 g/mol. The Morgan fingerprint density at radius 2 is 0.800 bits per heavy atom. The van der Waals surface area contributed by atoms with Crippen molar-refractivity contribution in [1.82, 2.24) is 9.97 Å². The SMILES string of the molecule is Cc1cccc2c1C(C(C)c1cc(-c3ccccc3)c3ccc4c(-c5ccccc5)cc(C(C)C5c6ccccc6Cc6cccc(C)c65)nc4c3n1)c1ccccc1C2. The van der Waals surface area contributed by atoms with Crippen LogP contribution in [-0.2, 0) is 12.8 Å². The molecule has 0 saturated carbocycles. The summed E-state index contributed by atoms with van der Waals surface area (Å²) in [6.07, 6.45) is 1.92. The van der Waals surface area contributed by atoms with E-state index in [4.69, 9.17) is 9.97 Å². The van der Waals surface area contributed by atoms with Crippen molar-refractivity contribution in [2.75, 3.05) is 0 Å². The van der Waals surface area contributed by atoms with Crippen molar-refractivity contribution in [2.24, 2.45) is 0 Å². The molecule has 0 N–H and O–H groups in total. The molecule has 9 aromatic rings. The van der Waals surface area contributed by atoms with E-state index in [2.05, 4.69) is 198 Å². The molecule has 2 aromatic heterocycles. The minimum Gasteiger partial charge on any atom is -0.250 e. The number of aryl methyl sites for hydroxylation is 2. The highest BCUT2D eigenvalue weighted by atomic mass is 14.8. The van der Waals surface area contributed by atoms with Gasteiger partial charge in [-0.05, 0) is 117 Å². The van der Waals surface area contributed by atoms with Crippen LogP contribution in [0.1, 0.15) is 105 Å². The van der Waals surface area contributed by atoms with Crippen LogP contribution in [0.2, 0.25) is 0 Å². The molecule has 0 spiro atoms. The maximum absolute atomic E-state index is 5.81. The van der Waals surface area contributed by atoms with Gasteiger partial charge in [0.2, 0.25) is 0 Å². The normalized spacial score (nSPS) is 16.4. The highest BCUT2D eigenvalue weighted by Crippen LogP contribution is 2.49. The lowest BCUT2D eigenvalue weighted by molar-refractivity contribution is 0.618. The van der Waals surface area contributed by atoms with E-state index in [0.29, 0.717) is 0 Å². The first-order chi connectivity index (χ1) is 29.4. The van der Waals surface area contributed by atoms with E-state index >= 15 is 0 Å². The van der Waals surface area contributed by atoms with Gasteiger partial charge in [-0.1, -0.05) is 172 Å². The summed E-state index contributed by atoms with van der Waals surface area (Å²) in [5.41, 5.74) is 23.0. The van der Waals surface area contributed by atoms with E-state index in [9.17, 15) is 0 Å². The van der Waals surface area contributed by atoms with E-state index < -0.39 is 0 Å². The van der Waals surface area contributed by atoms with Crippen molar-refractivity contribution < 1.29 is 0 Å². The van der Waals surface area contributed by atoms with E-state index in [-0.39, 0.29) is 23.7 Å². The third-order valence-electron chi connectivity index (χ3n) is 13.9. The van der Waals surface area contributed by atoms with Gasteiger partial charge in [-0.2, -0.15) is 0 Å². The molecule has 2 heteroatoms. The summed E-state index contributed by atoms with van der Waals surface area (Å²) in [5.74, 6) is 0.547. The minimum absolute atomic E-state index is 0.0994. The van der Waals surface area contributed by atoms with Crippen molar-refractivity contribution in [1.29, 1.82) is 0 Å². The number of rotatable bonds is 6. The summed E-state index contributed by atoms with van der Waals surface area (Å²) in [4.78, 5) is 11.6. The molecule has 60 heavy (non-hydrogen) atoms. The van der Waals surface area contributed by atoms with Gasteiger partial charge in [0.1, 0.15) is 0 Å². The molecule has 0 aliphatic heterocycles. The van der Waals surface area contributed by atoms with Gasteiger partial charge in [0.05, 0.1) is 11.0 Å². The maximum atomic E-state index is 5.81. The zero-order valence-electron chi connectivity index (χ0n) is 34.8. The second-order valence-electron chi connectivity index (χ2n) is 17.4. The zero-order chi connectivity index (χ0) is 40.5. The maximum Gasteiger partial charge on any atom is 0.0974 e. The number of hydrogen-bond acceptors (Lipinski definition) is 2. The van der Waals surface area contributed by atoms with Crippen molar-refractivity contribution >= 4 is 21.8 Å². The number of pyridine rings is 2. The zero-order valence-corrected chi connectivity index (χ0v) is 34.8. The standard InChI is InChI=1S/C58H48N2/c1-35-17-15-25-43-31-41-23-11-13-27-45(41)55(53(35)43)37(3)51-33-49(39-19-7-5-8-20-39)47-29-30-48-50(40-21-9-6-10-22-40)34-52(60-58(48)57(47)59-51)38(4)56-46-28-14-12-24-42(46)32-44-26-16-18-36(2)54(44)56/h5-30,33-34,37-38,55-56H,31-32H2,1-4H3. The molecule has 7 aromatic carbocycles. The van der Waals surface area contributed by atoms with Crippen LogP contribution >= 0.6 is 0 Å². The predicted molar refractivity (Wildman–Crippen MR) is 249 cm³/mol. The molecule has 0 bridgehead atoms. The van der Waals surface area contributed by atoms with Gasteiger partial charge >= 0.3 is 0 Å². The molecule has 0 fully saturated rings. The Hall–Kier alpha value is -6.64. The van der Waals surface area contributed by atoms with Gasteiger partial charge in [-0.15, -0.1) is 0 Å². The van der Waals surface area contributed by atoms with Crippen molar-refractivity contribution in [2.45, 2.75) is 64.2 Å². The lowest BCUT2D eigenvalue weighted by Gasteiger charge is -2.34. The molecule has 0 amide bonds. The predicted octanol–water partition coefficient (Wildman–Crippen LogP) is 14.4. The van der Waals surface area contributed by atoms with Gasteiger partial charge in [0.15, 0.2) is 0 Å². The molecule has 0 radical (unpaired) electrons. The lowest BCUT2D eigenvalue weighted by atomic mass is 9.70. The van der Waals surface area contributed by atoms with Crippen LogP contribution in [0.3, 0.4) is 0 Å². The van der Waals surface area contributed by atoms with E-state index in [1.807, 2.05) is 0 Å². The quantitative estimate of drug-likeness (QED) is 0.157. The molecule has 2 aliphatic carbocycles. The molecule has 2 aliphatic rings. The summed E-state index contributed by atoms with van der Waals surface area (Å²) >= 11 is 0. The Labute approximate surface area is 353 Å². The van der Waals surface area contributed by atoms with Crippen LogP contribution < -0.4 is 0 Å². The lowest BCUT2D eigenvalue weighted by Crippen LogP contribution is -2.21. The average Bonchev–Trinajstić information content (AvgIpc) is 3.29. The fourth-order valence-electron chi connectivity index (χ4n) is 11.0. The van der Waals surface area contributed by atoms with Crippen LogP contribution in [0.4, 0.5) is 0 Å². The first kappa shape index (κ1) is 36.4. The second-order valence-corrected chi connectivity index (χ2v) is 17.4. The highest BCUT2D eigenvalue weighted by molar-refractivity contribution is 6.12. The largest absolute Gasteiger partial charge is 0.250 e. The van der Waals surface area contributed by atoms with Gasteiger partial charge in [-0.3, -0.25) is 9.97 Å². The van der Waals surface area contributed by atoms with Crippen LogP contribution in [0, 0.1) is 13.8 Å². The number of hydrogen-bond donors (Lipinski definition) is 0. The van der Waals surface area contributed by atoms with Gasteiger partial charge in [0, 0.05) is 45.8 Å². The fourth-order valence-corrected chi connectivity index (χ4v) is 11.0. The molecule has 290 valence electrons. The van der Waals surface area contributed by atoms with E-state index in [1.165, 1.54) is 77.9 Å².